The predicted molar refractivity (Wildman–Crippen MR) is 92.3 cm³/mol. The second kappa shape index (κ2) is 8.83. The summed E-state index contributed by atoms with van der Waals surface area (Å²) in [5, 5.41) is 0. The first-order valence-corrected chi connectivity index (χ1v) is 10.7. The molecule has 0 radical (unpaired) electrons. The Morgan fingerprint density at radius 3 is 2.24 bits per heavy atom. The van der Waals surface area contributed by atoms with Crippen molar-refractivity contribution >= 4 is 14.0 Å². The average molecular weight is 305 g/mol. The molecule has 1 aromatic rings. The highest BCUT2D eigenvalue weighted by molar-refractivity contribution is 6.84. The van der Waals surface area contributed by atoms with Crippen LogP contribution in [0.15, 0.2) is 42.1 Å². The standard InChI is InChI=1S/C18H28O2Si/c1-5-21(6-2,7-3)15-11-12-16(4)20-18(19)17-13-9-8-10-14-17/h8-11,13-16H,5-7,12H2,1-4H3/b15-11+. The molecule has 1 atom stereocenters. The summed E-state index contributed by atoms with van der Waals surface area (Å²) in [5.41, 5.74) is 3.06. The van der Waals surface area contributed by atoms with Crippen molar-refractivity contribution in [2.75, 3.05) is 0 Å². The molecule has 0 amide bonds. The first-order chi connectivity index (χ1) is 10.1. The number of ether oxygens (including phenoxy) is 1. The predicted octanol–water partition coefficient (Wildman–Crippen LogP) is 5.23. The fourth-order valence-electron chi connectivity index (χ4n) is 2.49. The van der Waals surface area contributed by atoms with Crippen LogP contribution in [0.1, 0.15) is 44.5 Å². The molecule has 0 saturated heterocycles. The number of hydrogen-bond donors (Lipinski definition) is 0. The zero-order chi connectivity index (χ0) is 15.7. The van der Waals surface area contributed by atoms with Gasteiger partial charge in [-0.25, -0.2) is 4.79 Å². The van der Waals surface area contributed by atoms with E-state index in [4.69, 9.17) is 4.74 Å². The molecule has 0 aliphatic carbocycles. The largest absolute Gasteiger partial charge is 0.459 e. The van der Waals surface area contributed by atoms with E-state index in [2.05, 4.69) is 32.5 Å². The number of carbonyl (C=O) groups excluding carboxylic acids is 1. The van der Waals surface area contributed by atoms with E-state index in [1.54, 1.807) is 12.1 Å². The van der Waals surface area contributed by atoms with Crippen LogP contribution in [-0.4, -0.2) is 20.1 Å². The summed E-state index contributed by atoms with van der Waals surface area (Å²) in [6.45, 7) is 8.84. The summed E-state index contributed by atoms with van der Waals surface area (Å²) in [6.07, 6.45) is 2.95. The highest BCUT2D eigenvalue weighted by Crippen LogP contribution is 2.22. The van der Waals surface area contributed by atoms with Gasteiger partial charge in [-0.15, -0.1) is 0 Å². The minimum Gasteiger partial charge on any atom is -0.459 e. The summed E-state index contributed by atoms with van der Waals surface area (Å²) < 4.78 is 5.48. The molecule has 1 unspecified atom stereocenters. The third-order valence-electron chi connectivity index (χ3n) is 4.37. The minimum absolute atomic E-state index is 0.0776. The van der Waals surface area contributed by atoms with Gasteiger partial charge in [0.1, 0.15) is 6.10 Å². The second-order valence-electron chi connectivity index (χ2n) is 5.64. The first kappa shape index (κ1) is 17.7. The number of hydrogen-bond acceptors (Lipinski definition) is 2. The molecule has 0 spiro atoms. The van der Waals surface area contributed by atoms with Crippen molar-refractivity contribution in [2.24, 2.45) is 0 Å². The van der Waals surface area contributed by atoms with Crippen LogP contribution in [0.3, 0.4) is 0 Å². The van der Waals surface area contributed by atoms with Crippen molar-refractivity contribution in [3.63, 3.8) is 0 Å². The Morgan fingerprint density at radius 1 is 1.14 bits per heavy atom. The molecule has 0 aliphatic rings. The average Bonchev–Trinajstić information content (AvgIpc) is 2.53. The molecule has 1 aromatic carbocycles. The molecule has 116 valence electrons. The fraction of sp³-hybridized carbons (Fsp3) is 0.500. The Balaban J connectivity index is 2.51. The van der Waals surface area contributed by atoms with Crippen LogP contribution < -0.4 is 0 Å². The van der Waals surface area contributed by atoms with Crippen LogP contribution in [0.25, 0.3) is 0 Å². The van der Waals surface area contributed by atoms with Crippen LogP contribution in [0.5, 0.6) is 0 Å². The molecule has 2 nitrogen and oxygen atoms in total. The number of benzene rings is 1. The van der Waals surface area contributed by atoms with Gasteiger partial charge >= 0.3 is 5.97 Å². The van der Waals surface area contributed by atoms with Gasteiger partial charge < -0.3 is 4.74 Å². The van der Waals surface area contributed by atoms with E-state index in [0.29, 0.717) is 5.56 Å². The van der Waals surface area contributed by atoms with Crippen LogP contribution in [0.2, 0.25) is 18.1 Å². The molecule has 21 heavy (non-hydrogen) atoms. The molecule has 0 aliphatic heterocycles. The highest BCUT2D eigenvalue weighted by atomic mass is 28.3. The van der Waals surface area contributed by atoms with E-state index in [1.807, 2.05) is 25.1 Å². The lowest BCUT2D eigenvalue weighted by atomic mass is 10.2. The van der Waals surface area contributed by atoms with Crippen molar-refractivity contribution in [3.8, 4) is 0 Å². The van der Waals surface area contributed by atoms with Gasteiger partial charge in [-0.1, -0.05) is 68.9 Å². The third kappa shape index (κ3) is 5.50. The zero-order valence-corrected chi connectivity index (χ0v) is 14.8. The van der Waals surface area contributed by atoms with Crippen molar-refractivity contribution in [2.45, 2.75) is 58.4 Å². The topological polar surface area (TPSA) is 26.3 Å². The maximum Gasteiger partial charge on any atom is 0.338 e. The second-order valence-corrected chi connectivity index (χ2v) is 10.8. The molecular formula is C18H28O2Si. The Labute approximate surface area is 130 Å². The van der Waals surface area contributed by atoms with Crippen molar-refractivity contribution in [1.29, 1.82) is 0 Å². The monoisotopic (exact) mass is 304 g/mol. The molecule has 0 N–H and O–H groups in total. The van der Waals surface area contributed by atoms with Gasteiger partial charge in [0.2, 0.25) is 0 Å². The molecular weight excluding hydrogens is 276 g/mol. The molecule has 0 bridgehead atoms. The van der Waals surface area contributed by atoms with Gasteiger partial charge in [-0.2, -0.15) is 0 Å². The Hall–Kier alpha value is -1.35. The number of carbonyl (C=O) groups is 1. The van der Waals surface area contributed by atoms with Gasteiger partial charge in [-0.3, -0.25) is 0 Å². The zero-order valence-electron chi connectivity index (χ0n) is 13.8. The van der Waals surface area contributed by atoms with Crippen LogP contribution in [0.4, 0.5) is 0 Å². The molecule has 0 aromatic heterocycles. The van der Waals surface area contributed by atoms with Gasteiger partial charge in [0.25, 0.3) is 0 Å². The van der Waals surface area contributed by atoms with Crippen LogP contribution in [0, 0.1) is 0 Å². The van der Waals surface area contributed by atoms with E-state index in [1.165, 1.54) is 18.1 Å². The van der Waals surface area contributed by atoms with Crippen molar-refractivity contribution < 1.29 is 9.53 Å². The fourth-order valence-corrected chi connectivity index (χ4v) is 5.33. The smallest absolute Gasteiger partial charge is 0.338 e. The summed E-state index contributed by atoms with van der Waals surface area (Å²) in [4.78, 5) is 11.9. The maximum absolute atomic E-state index is 11.9. The molecule has 0 heterocycles. The third-order valence-corrected chi connectivity index (χ3v) is 9.54. The minimum atomic E-state index is -1.21. The van der Waals surface area contributed by atoms with Crippen LogP contribution in [-0.2, 0) is 4.74 Å². The first-order valence-electron chi connectivity index (χ1n) is 8.00. The SMILES string of the molecule is CC[Si](/C=C/CC(C)OC(=O)c1ccccc1)(CC)CC. The Kier molecular flexibility index (Phi) is 7.44. The van der Waals surface area contributed by atoms with E-state index >= 15 is 0 Å². The molecule has 1 rings (SSSR count). The van der Waals surface area contributed by atoms with Gasteiger partial charge in [0.15, 0.2) is 0 Å². The number of rotatable bonds is 8. The van der Waals surface area contributed by atoms with Crippen LogP contribution >= 0.6 is 0 Å². The normalized spacial score (nSPS) is 13.3. The lowest BCUT2D eigenvalue weighted by Gasteiger charge is -2.23. The van der Waals surface area contributed by atoms with Gasteiger partial charge in [0.05, 0.1) is 13.6 Å². The summed E-state index contributed by atoms with van der Waals surface area (Å²) in [6, 6.07) is 13.0. The lowest BCUT2D eigenvalue weighted by molar-refractivity contribution is 0.0348. The molecule has 0 fully saturated rings. The molecule has 3 heteroatoms. The lowest BCUT2D eigenvalue weighted by Crippen LogP contribution is -2.28. The number of esters is 1. The Morgan fingerprint density at radius 2 is 1.71 bits per heavy atom. The maximum atomic E-state index is 11.9. The van der Waals surface area contributed by atoms with Crippen molar-refractivity contribution in [3.05, 3.63) is 47.7 Å². The van der Waals surface area contributed by atoms with E-state index in [0.717, 1.165) is 6.42 Å². The van der Waals surface area contributed by atoms with Gasteiger partial charge in [-0.05, 0) is 19.1 Å². The van der Waals surface area contributed by atoms with E-state index in [9.17, 15) is 4.79 Å². The summed E-state index contributed by atoms with van der Waals surface area (Å²) >= 11 is 0. The summed E-state index contributed by atoms with van der Waals surface area (Å²) in [7, 11) is -1.21. The van der Waals surface area contributed by atoms with E-state index < -0.39 is 8.07 Å². The quantitative estimate of drug-likeness (QED) is 0.486. The Bertz CT molecular complexity index is 441. The summed E-state index contributed by atoms with van der Waals surface area (Å²) in [5.74, 6) is -0.235. The highest BCUT2D eigenvalue weighted by Gasteiger charge is 2.22. The van der Waals surface area contributed by atoms with Gasteiger partial charge in [0, 0.05) is 6.42 Å². The molecule has 0 saturated carbocycles. The van der Waals surface area contributed by atoms with Crippen molar-refractivity contribution in [1.82, 2.24) is 0 Å². The van der Waals surface area contributed by atoms with E-state index in [-0.39, 0.29) is 12.1 Å².